The summed E-state index contributed by atoms with van der Waals surface area (Å²) < 4.78 is 17.7. The minimum Gasteiger partial charge on any atom is -0.350 e. The van der Waals surface area contributed by atoms with Crippen molar-refractivity contribution in [2.45, 2.75) is 39.7 Å². The Bertz CT molecular complexity index is 1920. The molecule has 2 aromatic heterocycles. The van der Waals surface area contributed by atoms with Crippen molar-refractivity contribution in [2.24, 2.45) is 0 Å². The predicted molar refractivity (Wildman–Crippen MR) is 171 cm³/mol. The van der Waals surface area contributed by atoms with Crippen LogP contribution in [0.2, 0.25) is 0 Å². The number of rotatable bonds is 4. The third kappa shape index (κ3) is 4.89. The van der Waals surface area contributed by atoms with Crippen molar-refractivity contribution >= 4 is 41.1 Å². The molecule has 2 aliphatic heterocycles. The third-order valence-electron chi connectivity index (χ3n) is 8.43. The summed E-state index contributed by atoms with van der Waals surface area (Å²) in [6.07, 6.45) is 7.09. The number of amides is 1. The number of halogens is 1. The van der Waals surface area contributed by atoms with Gasteiger partial charge >= 0.3 is 5.69 Å². The second-order valence-electron chi connectivity index (χ2n) is 11.7. The second-order valence-corrected chi connectivity index (χ2v) is 11.7. The number of pyridine rings is 1. The number of fused-ring (bicyclic) bond motifs is 2. The molecular weight excluding hydrogens is 575 g/mol. The molecule has 3 aromatic rings. The summed E-state index contributed by atoms with van der Waals surface area (Å²) in [5.74, 6) is -1.60. The maximum Gasteiger partial charge on any atom is 0.355 e. The molecular formula is C34H33FN6O4. The topological polar surface area (TPSA) is 112 Å². The Labute approximate surface area is 259 Å². The molecule has 4 heterocycles. The summed E-state index contributed by atoms with van der Waals surface area (Å²) in [5.41, 5.74) is 1.84. The molecule has 230 valence electrons. The molecule has 11 heteroatoms. The van der Waals surface area contributed by atoms with Crippen molar-refractivity contribution in [3.8, 4) is 5.69 Å². The van der Waals surface area contributed by atoms with Gasteiger partial charge in [0, 0.05) is 31.9 Å². The summed E-state index contributed by atoms with van der Waals surface area (Å²) >= 11 is 0. The average molecular weight is 609 g/mol. The number of benzene rings is 1. The van der Waals surface area contributed by atoms with Crippen LogP contribution in [0, 0.1) is 6.92 Å². The number of hydrogen-bond donors (Lipinski definition) is 1. The van der Waals surface area contributed by atoms with Gasteiger partial charge in [-0.1, -0.05) is 50.8 Å². The van der Waals surface area contributed by atoms with Crippen LogP contribution in [-0.2, 0) is 9.59 Å². The van der Waals surface area contributed by atoms with E-state index in [2.05, 4.69) is 16.5 Å². The van der Waals surface area contributed by atoms with Crippen molar-refractivity contribution in [3.05, 3.63) is 105 Å². The Kier molecular flexibility index (Phi) is 7.57. The van der Waals surface area contributed by atoms with Crippen LogP contribution < -0.4 is 15.7 Å². The van der Waals surface area contributed by atoms with E-state index in [0.29, 0.717) is 52.8 Å². The summed E-state index contributed by atoms with van der Waals surface area (Å²) in [5, 5.41) is 12.6. The van der Waals surface area contributed by atoms with Crippen molar-refractivity contribution in [2.75, 3.05) is 29.6 Å². The first-order valence-corrected chi connectivity index (χ1v) is 14.8. The van der Waals surface area contributed by atoms with Gasteiger partial charge in [0.15, 0.2) is 17.4 Å². The number of ketones is 1. The van der Waals surface area contributed by atoms with Gasteiger partial charge in [-0.05, 0) is 60.8 Å². The van der Waals surface area contributed by atoms with Gasteiger partial charge in [0.2, 0.25) is 5.91 Å². The smallest absolute Gasteiger partial charge is 0.350 e. The second kappa shape index (κ2) is 11.4. The SMILES string of the molecule is C=CC(=O)N1CCN(c2nc(=O)n(-c3c(C)ccnc3C(C)C)c3c2C=C(F)/C(=C2/C(=O)C=Cc4ccccc42)N3O)[C@@H](C)C1. The lowest BCUT2D eigenvalue weighted by molar-refractivity contribution is -0.126. The number of carbonyl (C=O) groups excluding carboxylic acids is 2. The van der Waals surface area contributed by atoms with E-state index in [4.69, 9.17) is 0 Å². The van der Waals surface area contributed by atoms with E-state index in [-0.39, 0.29) is 46.3 Å². The van der Waals surface area contributed by atoms with Crippen LogP contribution in [0.1, 0.15) is 54.6 Å². The fourth-order valence-electron chi connectivity index (χ4n) is 6.28. The summed E-state index contributed by atoms with van der Waals surface area (Å²) in [6.45, 7) is 12.1. The zero-order valence-electron chi connectivity index (χ0n) is 25.5. The molecule has 1 amide bonds. The maximum absolute atomic E-state index is 16.4. The molecule has 1 fully saturated rings. The van der Waals surface area contributed by atoms with Crippen LogP contribution in [0.15, 0.2) is 71.6 Å². The van der Waals surface area contributed by atoms with Gasteiger partial charge in [-0.25, -0.2) is 18.8 Å². The standard InChI is InChI=1S/C34H33FN6O4/c1-6-27(43)38-15-16-39(21(5)18-38)32-24-17-25(35)31(28-23-10-8-7-9-22(23)11-12-26(28)42)41(45)33(24)40(34(44)37-32)30-20(4)13-14-36-29(30)19(2)3/h6-14,17,19,21,45H,1,15-16,18H2,2-5H3/b31-28-/t21-/m0/s1. The number of allylic oxidation sites excluding steroid dienone is 3. The maximum atomic E-state index is 16.4. The van der Waals surface area contributed by atoms with Crippen LogP contribution in [0.25, 0.3) is 23.4 Å². The highest BCUT2D eigenvalue weighted by molar-refractivity contribution is 6.31. The molecule has 45 heavy (non-hydrogen) atoms. The van der Waals surface area contributed by atoms with Crippen molar-refractivity contribution < 1.29 is 19.2 Å². The molecule has 0 bridgehead atoms. The number of hydrogen-bond acceptors (Lipinski definition) is 8. The van der Waals surface area contributed by atoms with Gasteiger partial charge in [0.1, 0.15) is 11.5 Å². The average Bonchev–Trinajstić information content (AvgIpc) is 3.01. The van der Waals surface area contributed by atoms with E-state index in [1.165, 1.54) is 22.8 Å². The summed E-state index contributed by atoms with van der Waals surface area (Å²) in [6, 6.07) is 8.46. The first-order valence-electron chi connectivity index (χ1n) is 14.8. The molecule has 0 saturated carbocycles. The first-order chi connectivity index (χ1) is 21.5. The Morgan fingerprint density at radius 1 is 1.16 bits per heavy atom. The predicted octanol–water partition coefficient (Wildman–Crippen LogP) is 4.81. The van der Waals surface area contributed by atoms with E-state index >= 15 is 4.39 Å². The van der Waals surface area contributed by atoms with E-state index in [1.54, 1.807) is 47.5 Å². The van der Waals surface area contributed by atoms with Crippen LogP contribution >= 0.6 is 0 Å². The van der Waals surface area contributed by atoms with Gasteiger partial charge in [0.05, 0.1) is 22.5 Å². The van der Waals surface area contributed by atoms with E-state index in [9.17, 15) is 19.6 Å². The fourth-order valence-corrected chi connectivity index (χ4v) is 6.28. The third-order valence-corrected chi connectivity index (χ3v) is 8.43. The molecule has 1 saturated heterocycles. The molecule has 0 radical (unpaired) electrons. The van der Waals surface area contributed by atoms with Gasteiger partial charge in [0.25, 0.3) is 0 Å². The van der Waals surface area contributed by atoms with Crippen LogP contribution in [-0.4, -0.2) is 62.0 Å². The van der Waals surface area contributed by atoms with Crippen molar-refractivity contribution in [3.63, 3.8) is 0 Å². The highest BCUT2D eigenvalue weighted by Gasteiger charge is 2.38. The van der Waals surface area contributed by atoms with Crippen LogP contribution in [0.3, 0.4) is 0 Å². The zero-order valence-corrected chi connectivity index (χ0v) is 25.5. The molecule has 1 N–H and O–H groups in total. The number of carbonyl (C=O) groups is 2. The monoisotopic (exact) mass is 608 g/mol. The number of nitrogens with zero attached hydrogens (tertiary/aromatic N) is 6. The molecule has 1 atom stereocenters. The lowest BCUT2D eigenvalue weighted by Crippen LogP contribution is -2.54. The Hall–Kier alpha value is -5.16. The number of aromatic nitrogens is 3. The van der Waals surface area contributed by atoms with E-state index in [0.717, 1.165) is 0 Å². The number of aryl methyl sites for hydroxylation is 1. The minimum absolute atomic E-state index is 0.0377. The molecule has 0 spiro atoms. The largest absolute Gasteiger partial charge is 0.355 e. The molecule has 1 aromatic carbocycles. The highest BCUT2D eigenvalue weighted by Crippen LogP contribution is 2.44. The first kappa shape index (κ1) is 29.9. The zero-order chi connectivity index (χ0) is 32.2. The summed E-state index contributed by atoms with van der Waals surface area (Å²) in [4.78, 5) is 52.3. The van der Waals surface area contributed by atoms with Crippen LogP contribution in [0.4, 0.5) is 16.0 Å². The van der Waals surface area contributed by atoms with Crippen molar-refractivity contribution in [1.82, 2.24) is 19.4 Å². The van der Waals surface area contributed by atoms with Gasteiger partial charge in [-0.15, -0.1) is 0 Å². The molecule has 3 aliphatic rings. The summed E-state index contributed by atoms with van der Waals surface area (Å²) in [7, 11) is 0. The Balaban J connectivity index is 1.65. The number of piperazine rings is 1. The lowest BCUT2D eigenvalue weighted by atomic mass is 9.88. The van der Waals surface area contributed by atoms with E-state index < -0.39 is 17.3 Å². The Morgan fingerprint density at radius 2 is 1.91 bits per heavy atom. The molecule has 10 nitrogen and oxygen atoms in total. The normalized spacial score (nSPS) is 19.4. The molecule has 1 aliphatic carbocycles. The van der Waals surface area contributed by atoms with Crippen molar-refractivity contribution in [1.29, 1.82) is 0 Å². The number of anilines is 2. The molecule has 0 unspecified atom stereocenters. The van der Waals surface area contributed by atoms with Crippen LogP contribution in [0.5, 0.6) is 0 Å². The fraction of sp³-hybridized carbons (Fsp3) is 0.265. The quantitative estimate of drug-likeness (QED) is 0.420. The van der Waals surface area contributed by atoms with E-state index in [1.807, 2.05) is 32.6 Å². The molecule has 6 rings (SSSR count). The minimum atomic E-state index is -0.869. The van der Waals surface area contributed by atoms with Gasteiger partial charge in [-0.3, -0.25) is 19.8 Å². The van der Waals surface area contributed by atoms with Gasteiger partial charge in [-0.2, -0.15) is 4.98 Å². The lowest BCUT2D eigenvalue weighted by Gasteiger charge is -2.41. The highest BCUT2D eigenvalue weighted by atomic mass is 19.1. The Morgan fingerprint density at radius 3 is 2.62 bits per heavy atom. The van der Waals surface area contributed by atoms with Gasteiger partial charge < -0.3 is 9.80 Å². The number of hydroxylamine groups is 1.